The van der Waals surface area contributed by atoms with E-state index in [2.05, 4.69) is 5.32 Å². The Morgan fingerprint density at radius 2 is 2.17 bits per heavy atom. The van der Waals surface area contributed by atoms with Crippen LogP contribution in [0, 0.1) is 17.0 Å². The summed E-state index contributed by atoms with van der Waals surface area (Å²) in [6.45, 7) is 3.69. The number of carbonyl (C=O) groups excluding carboxylic acids is 1. The Bertz CT molecular complexity index is 475. The number of benzene rings is 1. The van der Waals surface area contributed by atoms with Crippen LogP contribution < -0.4 is 5.32 Å². The van der Waals surface area contributed by atoms with E-state index in [9.17, 15) is 14.9 Å². The summed E-state index contributed by atoms with van der Waals surface area (Å²) in [5, 5.41) is 13.4. The van der Waals surface area contributed by atoms with E-state index in [0.29, 0.717) is 17.7 Å². The minimum atomic E-state index is -0.544. The molecule has 0 aliphatic carbocycles. The highest BCUT2D eigenvalue weighted by atomic mass is 35.5. The zero-order valence-electron chi connectivity index (χ0n) is 10.3. The Morgan fingerprint density at radius 1 is 1.50 bits per heavy atom. The molecular formula is C12H15ClN2O3. The van der Waals surface area contributed by atoms with Crippen LogP contribution in [0.3, 0.4) is 0 Å². The van der Waals surface area contributed by atoms with E-state index in [-0.39, 0.29) is 16.6 Å². The molecule has 0 saturated heterocycles. The van der Waals surface area contributed by atoms with E-state index in [1.165, 1.54) is 12.1 Å². The molecule has 1 aromatic carbocycles. The first-order chi connectivity index (χ1) is 8.45. The van der Waals surface area contributed by atoms with Gasteiger partial charge < -0.3 is 5.32 Å². The van der Waals surface area contributed by atoms with Gasteiger partial charge in [0.05, 0.1) is 4.92 Å². The molecule has 0 spiro atoms. The first-order valence-corrected chi connectivity index (χ1v) is 6.08. The predicted octanol–water partition coefficient (Wildman–Crippen LogP) is 3.69. The lowest BCUT2D eigenvalue weighted by atomic mass is 10.1. The number of hydrogen-bond donors (Lipinski definition) is 1. The Balaban J connectivity index is 2.88. The smallest absolute Gasteiger partial charge is 0.288 e. The van der Waals surface area contributed by atoms with Crippen molar-refractivity contribution in [3.8, 4) is 0 Å². The lowest BCUT2D eigenvalue weighted by molar-refractivity contribution is -0.384. The van der Waals surface area contributed by atoms with Crippen LogP contribution in [0.4, 0.5) is 11.4 Å². The van der Waals surface area contributed by atoms with Crippen LogP contribution in [-0.4, -0.2) is 10.8 Å². The molecule has 1 aromatic rings. The minimum absolute atomic E-state index is 0.0244. The Morgan fingerprint density at radius 3 is 2.72 bits per heavy atom. The Labute approximate surface area is 110 Å². The Hall–Kier alpha value is -1.62. The summed E-state index contributed by atoms with van der Waals surface area (Å²) < 4.78 is 0. The van der Waals surface area contributed by atoms with E-state index in [0.717, 1.165) is 12.8 Å². The number of amides is 1. The van der Waals surface area contributed by atoms with Crippen LogP contribution in [0.1, 0.15) is 31.7 Å². The molecule has 0 radical (unpaired) electrons. The molecule has 0 aliphatic rings. The number of carbonyl (C=O) groups is 1. The summed E-state index contributed by atoms with van der Waals surface area (Å²) >= 11 is 5.79. The Kier molecular flexibility index (Phi) is 5.09. The van der Waals surface area contributed by atoms with E-state index in [1.54, 1.807) is 6.92 Å². The standard InChI is InChI=1S/C12H15ClN2O3/c1-3-4-5-12(16)14-10-7-9(13)11(15(17)18)6-8(10)2/h6-7H,3-5H2,1-2H3,(H,14,16). The van der Waals surface area contributed by atoms with E-state index >= 15 is 0 Å². The molecule has 0 unspecified atom stereocenters. The number of anilines is 1. The molecule has 1 rings (SSSR count). The van der Waals surface area contributed by atoms with Crippen LogP contribution >= 0.6 is 11.6 Å². The molecular weight excluding hydrogens is 256 g/mol. The molecule has 0 fully saturated rings. The number of hydrogen-bond acceptors (Lipinski definition) is 3. The number of halogens is 1. The fraction of sp³-hybridized carbons (Fsp3) is 0.417. The van der Waals surface area contributed by atoms with Gasteiger partial charge in [0.25, 0.3) is 5.69 Å². The molecule has 0 saturated carbocycles. The molecule has 0 atom stereocenters. The highest BCUT2D eigenvalue weighted by Gasteiger charge is 2.15. The normalized spacial score (nSPS) is 10.2. The monoisotopic (exact) mass is 270 g/mol. The molecule has 1 N–H and O–H groups in total. The zero-order valence-corrected chi connectivity index (χ0v) is 11.1. The molecule has 0 aliphatic heterocycles. The second-order valence-corrected chi connectivity index (χ2v) is 4.43. The van der Waals surface area contributed by atoms with Crippen LogP contribution in [0.15, 0.2) is 12.1 Å². The van der Waals surface area contributed by atoms with Crippen molar-refractivity contribution in [3.63, 3.8) is 0 Å². The fourth-order valence-corrected chi connectivity index (χ4v) is 1.72. The maximum Gasteiger partial charge on any atom is 0.288 e. The summed E-state index contributed by atoms with van der Waals surface area (Å²) in [4.78, 5) is 21.7. The summed E-state index contributed by atoms with van der Waals surface area (Å²) in [7, 11) is 0. The fourth-order valence-electron chi connectivity index (χ4n) is 1.49. The van der Waals surface area contributed by atoms with Crippen molar-refractivity contribution in [2.24, 2.45) is 0 Å². The van der Waals surface area contributed by atoms with Crippen molar-refractivity contribution in [1.29, 1.82) is 0 Å². The molecule has 18 heavy (non-hydrogen) atoms. The van der Waals surface area contributed by atoms with Gasteiger partial charge in [-0.2, -0.15) is 0 Å². The third kappa shape index (κ3) is 3.70. The SMILES string of the molecule is CCCCC(=O)Nc1cc(Cl)c([N+](=O)[O-])cc1C. The summed E-state index contributed by atoms with van der Waals surface area (Å²) in [6, 6.07) is 2.77. The van der Waals surface area contributed by atoms with Gasteiger partial charge in [-0.05, 0) is 25.0 Å². The summed E-state index contributed by atoms with van der Waals surface area (Å²) in [5.41, 5.74) is 0.989. The predicted molar refractivity (Wildman–Crippen MR) is 71.0 cm³/mol. The average molecular weight is 271 g/mol. The first kappa shape index (κ1) is 14.4. The largest absolute Gasteiger partial charge is 0.326 e. The lowest BCUT2D eigenvalue weighted by Gasteiger charge is -2.08. The van der Waals surface area contributed by atoms with Gasteiger partial charge in [0.1, 0.15) is 5.02 Å². The zero-order chi connectivity index (χ0) is 13.7. The molecule has 1 amide bonds. The minimum Gasteiger partial charge on any atom is -0.326 e. The second kappa shape index (κ2) is 6.35. The molecule has 5 nitrogen and oxygen atoms in total. The van der Waals surface area contributed by atoms with Crippen molar-refractivity contribution in [3.05, 3.63) is 32.8 Å². The van der Waals surface area contributed by atoms with Crippen molar-refractivity contribution >= 4 is 28.9 Å². The van der Waals surface area contributed by atoms with Gasteiger partial charge in [0.15, 0.2) is 0 Å². The highest BCUT2D eigenvalue weighted by Crippen LogP contribution is 2.30. The van der Waals surface area contributed by atoms with Gasteiger partial charge in [-0.25, -0.2) is 0 Å². The van der Waals surface area contributed by atoms with E-state index < -0.39 is 4.92 Å². The third-order valence-electron chi connectivity index (χ3n) is 2.52. The molecule has 0 bridgehead atoms. The van der Waals surface area contributed by atoms with Gasteiger partial charge in [-0.15, -0.1) is 0 Å². The molecule has 0 aromatic heterocycles. The van der Waals surface area contributed by atoms with Crippen LogP contribution in [0.2, 0.25) is 5.02 Å². The van der Waals surface area contributed by atoms with Crippen molar-refractivity contribution in [2.45, 2.75) is 33.1 Å². The highest BCUT2D eigenvalue weighted by molar-refractivity contribution is 6.33. The van der Waals surface area contributed by atoms with Gasteiger partial charge in [0.2, 0.25) is 5.91 Å². The number of aryl methyl sites for hydroxylation is 1. The maximum atomic E-state index is 11.6. The molecule has 6 heteroatoms. The van der Waals surface area contributed by atoms with E-state index in [4.69, 9.17) is 11.6 Å². The number of rotatable bonds is 5. The van der Waals surface area contributed by atoms with Gasteiger partial charge in [0, 0.05) is 18.2 Å². The van der Waals surface area contributed by atoms with Crippen molar-refractivity contribution in [2.75, 3.05) is 5.32 Å². The number of nitrogens with zero attached hydrogens (tertiary/aromatic N) is 1. The second-order valence-electron chi connectivity index (χ2n) is 4.03. The van der Waals surface area contributed by atoms with Crippen LogP contribution in [0.25, 0.3) is 0 Å². The third-order valence-corrected chi connectivity index (χ3v) is 2.82. The maximum absolute atomic E-state index is 11.6. The molecule has 98 valence electrons. The summed E-state index contributed by atoms with van der Waals surface area (Å²) in [6.07, 6.45) is 2.18. The van der Waals surface area contributed by atoms with Gasteiger partial charge in [-0.3, -0.25) is 14.9 Å². The van der Waals surface area contributed by atoms with Crippen molar-refractivity contribution < 1.29 is 9.72 Å². The van der Waals surface area contributed by atoms with Crippen LogP contribution in [0.5, 0.6) is 0 Å². The lowest BCUT2D eigenvalue weighted by Crippen LogP contribution is -2.12. The van der Waals surface area contributed by atoms with E-state index in [1.807, 2.05) is 6.92 Å². The molecule has 0 heterocycles. The first-order valence-electron chi connectivity index (χ1n) is 5.70. The number of nitro groups is 1. The van der Waals surface area contributed by atoms with Gasteiger partial charge in [-0.1, -0.05) is 24.9 Å². The van der Waals surface area contributed by atoms with Crippen molar-refractivity contribution in [1.82, 2.24) is 0 Å². The number of nitro benzene ring substituents is 1. The quantitative estimate of drug-likeness (QED) is 0.655. The van der Waals surface area contributed by atoms with Crippen LogP contribution in [-0.2, 0) is 4.79 Å². The van der Waals surface area contributed by atoms with Gasteiger partial charge >= 0.3 is 0 Å². The summed E-state index contributed by atoms with van der Waals surface area (Å²) in [5.74, 6) is -0.107. The average Bonchev–Trinajstić information content (AvgIpc) is 2.30. The number of unbranched alkanes of at least 4 members (excludes halogenated alkanes) is 1. The topological polar surface area (TPSA) is 72.2 Å². The number of nitrogens with one attached hydrogen (secondary N) is 1.